The largest absolute Gasteiger partial charge is 0.404 e. The second-order valence-electron chi connectivity index (χ2n) is 4.47. The van der Waals surface area contributed by atoms with Gasteiger partial charge < -0.3 is 4.74 Å². The highest BCUT2D eigenvalue weighted by Gasteiger charge is 2.26. The quantitative estimate of drug-likeness (QED) is 0.791. The van der Waals surface area contributed by atoms with E-state index in [-0.39, 0.29) is 18.3 Å². The van der Waals surface area contributed by atoms with E-state index >= 15 is 0 Å². The van der Waals surface area contributed by atoms with Crippen LogP contribution >= 0.6 is 0 Å². The number of esters is 1. The molecule has 0 radical (unpaired) electrons. The Morgan fingerprint density at radius 3 is 2.29 bits per heavy atom. The van der Waals surface area contributed by atoms with Crippen molar-refractivity contribution in [3.63, 3.8) is 0 Å². The van der Waals surface area contributed by atoms with Crippen LogP contribution in [0.3, 0.4) is 0 Å². The number of hydrogen-bond donors (Lipinski definition) is 0. The summed E-state index contributed by atoms with van der Waals surface area (Å²) in [6.45, 7) is -0.190. The normalized spacial score (nSPS) is 14.4. The molecule has 3 rings (SSSR count). The summed E-state index contributed by atoms with van der Waals surface area (Å²) in [5.74, 6) is -0.704. The third kappa shape index (κ3) is 2.81. The number of hydrogen-bond acceptors (Lipinski definition) is 4. The van der Waals surface area contributed by atoms with E-state index in [1.165, 1.54) is 0 Å². The molecule has 0 bridgehead atoms. The molecule has 1 aliphatic heterocycles. The molecule has 5 nitrogen and oxygen atoms in total. The summed E-state index contributed by atoms with van der Waals surface area (Å²) in [6, 6.07) is 17.7. The molecule has 2 aromatic rings. The van der Waals surface area contributed by atoms with Crippen molar-refractivity contribution in [2.75, 3.05) is 6.54 Å². The minimum atomic E-state index is -0.506. The molecule has 1 aliphatic rings. The molecule has 0 saturated heterocycles. The van der Waals surface area contributed by atoms with Crippen LogP contribution in [0, 0.1) is 0 Å². The Bertz CT molecular complexity index is 696. The van der Waals surface area contributed by atoms with E-state index in [0.29, 0.717) is 11.1 Å². The van der Waals surface area contributed by atoms with E-state index in [2.05, 4.69) is 5.10 Å². The second-order valence-corrected chi connectivity index (χ2v) is 4.47. The van der Waals surface area contributed by atoms with Crippen molar-refractivity contribution in [3.8, 4) is 0 Å². The molecule has 21 heavy (non-hydrogen) atoms. The highest BCUT2D eigenvalue weighted by Crippen LogP contribution is 2.13. The topological polar surface area (TPSA) is 59.0 Å². The highest BCUT2D eigenvalue weighted by molar-refractivity contribution is 6.05. The van der Waals surface area contributed by atoms with Crippen molar-refractivity contribution in [3.05, 3.63) is 71.8 Å². The van der Waals surface area contributed by atoms with Crippen LogP contribution in [0.1, 0.15) is 15.9 Å². The lowest BCUT2D eigenvalue weighted by molar-refractivity contribution is -0.137. The fourth-order valence-corrected chi connectivity index (χ4v) is 1.97. The number of nitrogens with zero attached hydrogens (tertiary/aromatic N) is 2. The Kier molecular flexibility index (Phi) is 3.47. The zero-order chi connectivity index (χ0) is 14.7. The average molecular weight is 280 g/mol. The summed E-state index contributed by atoms with van der Waals surface area (Å²) < 4.78 is 5.11. The molecular formula is C16H12N2O3. The predicted octanol–water partition coefficient (Wildman–Crippen LogP) is 2.05. The molecule has 0 fully saturated rings. The Hall–Kier alpha value is -2.95. The molecule has 0 unspecified atom stereocenters. The van der Waals surface area contributed by atoms with Crippen molar-refractivity contribution in [2.45, 2.75) is 0 Å². The Labute approximate surface area is 121 Å². The molecule has 0 N–H and O–H groups in total. The van der Waals surface area contributed by atoms with Crippen LogP contribution < -0.4 is 0 Å². The molecule has 0 aliphatic carbocycles. The first-order chi connectivity index (χ1) is 10.2. The second kappa shape index (κ2) is 5.58. The smallest absolute Gasteiger partial charge is 0.334 e. The van der Waals surface area contributed by atoms with Gasteiger partial charge in [0.2, 0.25) is 5.90 Å². The molecule has 0 atom stereocenters. The number of benzene rings is 2. The highest BCUT2D eigenvalue weighted by atomic mass is 16.5. The summed E-state index contributed by atoms with van der Waals surface area (Å²) in [7, 11) is 0. The van der Waals surface area contributed by atoms with Crippen LogP contribution in [0.4, 0.5) is 0 Å². The van der Waals surface area contributed by atoms with Gasteiger partial charge >= 0.3 is 5.97 Å². The van der Waals surface area contributed by atoms with Gasteiger partial charge in [-0.2, -0.15) is 0 Å². The minimum Gasteiger partial charge on any atom is -0.404 e. The molecule has 0 aromatic heterocycles. The number of cyclic esters (lactones) is 1. The lowest BCUT2D eigenvalue weighted by Gasteiger charge is -2.22. The van der Waals surface area contributed by atoms with Crippen molar-refractivity contribution in [1.29, 1.82) is 0 Å². The molecular weight excluding hydrogens is 268 g/mol. The summed E-state index contributed by atoms with van der Waals surface area (Å²) in [5.41, 5.74) is 1.12. The van der Waals surface area contributed by atoms with Gasteiger partial charge in [-0.3, -0.25) is 4.79 Å². The Balaban J connectivity index is 1.92. The number of ether oxygens (including phenoxy) is 1. The van der Waals surface area contributed by atoms with Crippen LogP contribution in [0.15, 0.2) is 65.8 Å². The van der Waals surface area contributed by atoms with Gasteiger partial charge in [0.1, 0.15) is 6.54 Å². The summed E-state index contributed by atoms with van der Waals surface area (Å²) >= 11 is 0. The molecule has 0 spiro atoms. The molecule has 1 heterocycles. The monoisotopic (exact) mass is 280 g/mol. The number of hydrazone groups is 1. The van der Waals surface area contributed by atoms with E-state index < -0.39 is 5.97 Å². The van der Waals surface area contributed by atoms with Crippen LogP contribution in [0.5, 0.6) is 0 Å². The maximum atomic E-state index is 12.3. The van der Waals surface area contributed by atoms with Crippen molar-refractivity contribution >= 4 is 17.8 Å². The standard InChI is InChI=1S/C16H12N2O3/c19-14-11-18(16(20)13-9-5-2-6-10-13)17-15(21-14)12-7-3-1-4-8-12/h1-10H,11H2. The van der Waals surface area contributed by atoms with E-state index in [1.54, 1.807) is 36.4 Å². The molecule has 5 heteroatoms. The van der Waals surface area contributed by atoms with Gasteiger partial charge in [-0.15, -0.1) is 5.10 Å². The predicted molar refractivity (Wildman–Crippen MR) is 76.5 cm³/mol. The Morgan fingerprint density at radius 2 is 1.62 bits per heavy atom. The van der Waals surface area contributed by atoms with Crippen molar-refractivity contribution < 1.29 is 14.3 Å². The molecule has 2 aromatic carbocycles. The van der Waals surface area contributed by atoms with Gasteiger partial charge in [-0.1, -0.05) is 36.4 Å². The van der Waals surface area contributed by atoms with Gasteiger partial charge in [0.25, 0.3) is 5.91 Å². The average Bonchev–Trinajstić information content (AvgIpc) is 2.55. The lowest BCUT2D eigenvalue weighted by atomic mass is 10.2. The fraction of sp³-hybridized carbons (Fsp3) is 0.0625. The Morgan fingerprint density at radius 1 is 1.00 bits per heavy atom. The lowest BCUT2D eigenvalue weighted by Crippen LogP contribution is -2.39. The number of carbonyl (C=O) groups is 2. The van der Waals surface area contributed by atoms with Crippen LogP contribution in [0.25, 0.3) is 0 Å². The first-order valence-electron chi connectivity index (χ1n) is 6.45. The van der Waals surface area contributed by atoms with Crippen LogP contribution in [0.2, 0.25) is 0 Å². The van der Waals surface area contributed by atoms with E-state index in [9.17, 15) is 9.59 Å². The summed E-state index contributed by atoms with van der Waals surface area (Å²) in [5, 5.41) is 5.26. The third-order valence-corrected chi connectivity index (χ3v) is 2.98. The number of carbonyl (C=O) groups excluding carboxylic acids is 2. The maximum absolute atomic E-state index is 12.3. The number of amides is 1. The first kappa shape index (κ1) is 13.1. The molecule has 104 valence electrons. The van der Waals surface area contributed by atoms with Gasteiger partial charge in [0, 0.05) is 11.1 Å². The van der Waals surface area contributed by atoms with Crippen LogP contribution in [-0.4, -0.2) is 29.3 Å². The first-order valence-corrected chi connectivity index (χ1v) is 6.45. The zero-order valence-corrected chi connectivity index (χ0v) is 11.1. The zero-order valence-electron chi connectivity index (χ0n) is 11.1. The third-order valence-electron chi connectivity index (χ3n) is 2.98. The van der Waals surface area contributed by atoms with Crippen LogP contribution in [-0.2, 0) is 9.53 Å². The summed E-state index contributed by atoms with van der Waals surface area (Å²) in [6.07, 6.45) is 0. The fourth-order valence-electron chi connectivity index (χ4n) is 1.97. The van der Waals surface area contributed by atoms with Gasteiger partial charge in [0.05, 0.1) is 0 Å². The minimum absolute atomic E-state index is 0.135. The summed E-state index contributed by atoms with van der Waals surface area (Å²) in [4.78, 5) is 24.0. The molecule has 1 amide bonds. The van der Waals surface area contributed by atoms with Crippen molar-refractivity contribution in [2.24, 2.45) is 5.10 Å². The molecule has 0 saturated carbocycles. The van der Waals surface area contributed by atoms with E-state index in [4.69, 9.17) is 4.74 Å². The van der Waals surface area contributed by atoms with Gasteiger partial charge in [-0.25, -0.2) is 9.80 Å². The van der Waals surface area contributed by atoms with E-state index in [0.717, 1.165) is 5.01 Å². The SMILES string of the molecule is O=C1CN(C(=O)c2ccccc2)N=C(c2ccccc2)O1. The van der Waals surface area contributed by atoms with Crippen molar-refractivity contribution in [1.82, 2.24) is 5.01 Å². The van der Waals surface area contributed by atoms with Gasteiger partial charge in [0.15, 0.2) is 0 Å². The maximum Gasteiger partial charge on any atom is 0.334 e. The van der Waals surface area contributed by atoms with Gasteiger partial charge in [-0.05, 0) is 24.3 Å². The van der Waals surface area contributed by atoms with E-state index in [1.807, 2.05) is 24.3 Å². The number of rotatable bonds is 2.